The van der Waals surface area contributed by atoms with Crippen molar-refractivity contribution in [2.75, 3.05) is 13.7 Å². The van der Waals surface area contributed by atoms with Crippen molar-refractivity contribution in [3.8, 4) is 5.75 Å². The first kappa shape index (κ1) is 13.7. The standard InChI is InChI=1S/C14H20ClNO2/c1-17-13-5-4-12(15)8-11(13)9-18-10-14(16)6-2-3-7-14/h4-5,8H,2-3,6-7,9-10,16H2,1H3. The topological polar surface area (TPSA) is 44.5 Å². The number of hydrogen-bond donors (Lipinski definition) is 1. The molecular formula is C14H20ClNO2. The van der Waals surface area contributed by atoms with Gasteiger partial charge in [-0.05, 0) is 31.0 Å². The second kappa shape index (κ2) is 5.91. The van der Waals surface area contributed by atoms with E-state index in [1.165, 1.54) is 12.8 Å². The van der Waals surface area contributed by atoms with Crippen LogP contribution in [-0.2, 0) is 11.3 Å². The van der Waals surface area contributed by atoms with Gasteiger partial charge in [0.1, 0.15) is 5.75 Å². The van der Waals surface area contributed by atoms with Crippen molar-refractivity contribution in [3.63, 3.8) is 0 Å². The molecule has 2 rings (SSSR count). The molecule has 1 aromatic carbocycles. The van der Waals surface area contributed by atoms with E-state index in [0.29, 0.717) is 18.2 Å². The lowest BCUT2D eigenvalue weighted by molar-refractivity contribution is 0.0739. The van der Waals surface area contributed by atoms with Gasteiger partial charge in [0.25, 0.3) is 0 Å². The van der Waals surface area contributed by atoms with Gasteiger partial charge in [-0.3, -0.25) is 0 Å². The zero-order chi connectivity index (χ0) is 13.0. The predicted octanol–water partition coefficient (Wildman–Crippen LogP) is 3.14. The average Bonchev–Trinajstić information content (AvgIpc) is 2.77. The van der Waals surface area contributed by atoms with Crippen molar-refractivity contribution in [1.82, 2.24) is 0 Å². The third-order valence-electron chi connectivity index (χ3n) is 3.49. The number of hydrogen-bond acceptors (Lipinski definition) is 3. The van der Waals surface area contributed by atoms with Gasteiger partial charge in [-0.1, -0.05) is 24.4 Å². The molecule has 0 atom stereocenters. The summed E-state index contributed by atoms with van der Waals surface area (Å²) >= 11 is 5.97. The van der Waals surface area contributed by atoms with Crippen LogP contribution in [0.3, 0.4) is 0 Å². The molecule has 0 spiro atoms. The molecule has 0 saturated heterocycles. The fourth-order valence-corrected chi connectivity index (χ4v) is 2.64. The van der Waals surface area contributed by atoms with Gasteiger partial charge in [0.15, 0.2) is 0 Å². The van der Waals surface area contributed by atoms with E-state index < -0.39 is 0 Å². The molecule has 1 aliphatic carbocycles. The Balaban J connectivity index is 1.91. The van der Waals surface area contributed by atoms with Crippen LogP contribution in [-0.4, -0.2) is 19.3 Å². The van der Waals surface area contributed by atoms with Crippen LogP contribution in [0.2, 0.25) is 5.02 Å². The van der Waals surface area contributed by atoms with Crippen molar-refractivity contribution in [2.45, 2.75) is 37.8 Å². The third-order valence-corrected chi connectivity index (χ3v) is 3.72. The molecule has 0 aromatic heterocycles. The van der Waals surface area contributed by atoms with E-state index in [2.05, 4.69) is 0 Å². The van der Waals surface area contributed by atoms with E-state index in [9.17, 15) is 0 Å². The molecule has 2 N–H and O–H groups in total. The van der Waals surface area contributed by atoms with Gasteiger partial charge in [0.05, 0.1) is 20.3 Å². The van der Waals surface area contributed by atoms with Crippen LogP contribution in [0.5, 0.6) is 5.75 Å². The summed E-state index contributed by atoms with van der Waals surface area (Å²) < 4.78 is 11.0. The van der Waals surface area contributed by atoms with Crippen molar-refractivity contribution < 1.29 is 9.47 Å². The Kier molecular flexibility index (Phi) is 4.49. The fourth-order valence-electron chi connectivity index (χ4n) is 2.45. The van der Waals surface area contributed by atoms with Crippen molar-refractivity contribution in [3.05, 3.63) is 28.8 Å². The van der Waals surface area contributed by atoms with Gasteiger partial charge in [0, 0.05) is 16.1 Å². The van der Waals surface area contributed by atoms with Crippen LogP contribution >= 0.6 is 11.6 Å². The highest BCUT2D eigenvalue weighted by atomic mass is 35.5. The summed E-state index contributed by atoms with van der Waals surface area (Å²) in [5.41, 5.74) is 7.07. The highest BCUT2D eigenvalue weighted by Crippen LogP contribution is 2.28. The van der Waals surface area contributed by atoms with E-state index in [1.807, 2.05) is 18.2 Å². The summed E-state index contributed by atoms with van der Waals surface area (Å²) in [4.78, 5) is 0. The molecule has 0 unspecified atom stereocenters. The number of methoxy groups -OCH3 is 1. The SMILES string of the molecule is COc1ccc(Cl)cc1COCC1(N)CCCC1. The Labute approximate surface area is 113 Å². The molecule has 0 bridgehead atoms. The molecule has 0 heterocycles. The Morgan fingerprint density at radius 3 is 2.72 bits per heavy atom. The van der Waals surface area contributed by atoms with Gasteiger partial charge in [0.2, 0.25) is 0 Å². The zero-order valence-electron chi connectivity index (χ0n) is 10.7. The van der Waals surface area contributed by atoms with E-state index in [-0.39, 0.29) is 5.54 Å². The lowest BCUT2D eigenvalue weighted by Gasteiger charge is -2.23. The Morgan fingerprint density at radius 2 is 2.06 bits per heavy atom. The van der Waals surface area contributed by atoms with Gasteiger partial charge in [-0.2, -0.15) is 0 Å². The Morgan fingerprint density at radius 1 is 1.33 bits per heavy atom. The minimum Gasteiger partial charge on any atom is -0.496 e. The normalized spacial score (nSPS) is 17.9. The second-order valence-corrected chi connectivity index (χ2v) is 5.45. The van der Waals surface area contributed by atoms with Crippen LogP contribution in [0, 0.1) is 0 Å². The van der Waals surface area contributed by atoms with Crippen molar-refractivity contribution in [1.29, 1.82) is 0 Å². The quantitative estimate of drug-likeness (QED) is 0.893. The van der Waals surface area contributed by atoms with Crippen LogP contribution < -0.4 is 10.5 Å². The number of halogens is 1. The molecule has 1 aromatic rings. The molecule has 18 heavy (non-hydrogen) atoms. The molecule has 1 saturated carbocycles. The number of benzene rings is 1. The number of rotatable bonds is 5. The summed E-state index contributed by atoms with van der Waals surface area (Å²) in [5, 5.41) is 0.692. The molecule has 1 fully saturated rings. The highest BCUT2D eigenvalue weighted by Gasteiger charge is 2.29. The first-order chi connectivity index (χ1) is 8.63. The maximum atomic E-state index is 6.24. The molecule has 100 valence electrons. The van der Waals surface area contributed by atoms with Crippen LogP contribution in [0.25, 0.3) is 0 Å². The minimum absolute atomic E-state index is 0.133. The summed E-state index contributed by atoms with van der Waals surface area (Å²) in [5.74, 6) is 0.803. The zero-order valence-corrected chi connectivity index (χ0v) is 11.5. The first-order valence-corrected chi connectivity index (χ1v) is 6.70. The largest absolute Gasteiger partial charge is 0.496 e. The summed E-state index contributed by atoms with van der Waals surface area (Å²) in [6, 6.07) is 5.54. The Bertz CT molecular complexity index is 403. The van der Waals surface area contributed by atoms with E-state index >= 15 is 0 Å². The van der Waals surface area contributed by atoms with Gasteiger partial charge in [-0.15, -0.1) is 0 Å². The lowest BCUT2D eigenvalue weighted by Crippen LogP contribution is -2.41. The molecule has 0 radical (unpaired) electrons. The monoisotopic (exact) mass is 269 g/mol. The van der Waals surface area contributed by atoms with Gasteiger partial charge < -0.3 is 15.2 Å². The molecule has 1 aliphatic rings. The van der Waals surface area contributed by atoms with E-state index in [4.69, 9.17) is 26.8 Å². The van der Waals surface area contributed by atoms with Crippen LogP contribution in [0.15, 0.2) is 18.2 Å². The molecular weight excluding hydrogens is 250 g/mol. The van der Waals surface area contributed by atoms with Gasteiger partial charge >= 0.3 is 0 Å². The highest BCUT2D eigenvalue weighted by molar-refractivity contribution is 6.30. The summed E-state index contributed by atoms with van der Waals surface area (Å²) in [7, 11) is 1.65. The molecule has 3 nitrogen and oxygen atoms in total. The maximum Gasteiger partial charge on any atom is 0.124 e. The third kappa shape index (κ3) is 3.37. The first-order valence-electron chi connectivity index (χ1n) is 6.32. The summed E-state index contributed by atoms with van der Waals surface area (Å²) in [6.45, 7) is 1.09. The molecule has 0 aliphatic heterocycles. The van der Waals surface area contributed by atoms with Crippen LogP contribution in [0.1, 0.15) is 31.2 Å². The lowest BCUT2D eigenvalue weighted by atomic mass is 10.0. The van der Waals surface area contributed by atoms with Crippen LogP contribution in [0.4, 0.5) is 0 Å². The van der Waals surface area contributed by atoms with E-state index in [1.54, 1.807) is 7.11 Å². The Hall–Kier alpha value is -0.770. The average molecular weight is 270 g/mol. The van der Waals surface area contributed by atoms with Crippen molar-refractivity contribution in [2.24, 2.45) is 5.73 Å². The predicted molar refractivity (Wildman–Crippen MR) is 73.0 cm³/mol. The van der Waals surface area contributed by atoms with Gasteiger partial charge in [-0.25, -0.2) is 0 Å². The maximum absolute atomic E-state index is 6.24. The smallest absolute Gasteiger partial charge is 0.124 e. The van der Waals surface area contributed by atoms with E-state index in [0.717, 1.165) is 24.2 Å². The molecule has 0 amide bonds. The number of ether oxygens (including phenoxy) is 2. The number of nitrogens with two attached hydrogens (primary N) is 1. The minimum atomic E-state index is -0.133. The summed E-state index contributed by atoms with van der Waals surface area (Å²) in [6.07, 6.45) is 4.53. The fraction of sp³-hybridized carbons (Fsp3) is 0.571. The second-order valence-electron chi connectivity index (χ2n) is 5.02. The molecule has 4 heteroatoms. The van der Waals surface area contributed by atoms with Crippen molar-refractivity contribution >= 4 is 11.6 Å².